The van der Waals surface area contributed by atoms with E-state index in [9.17, 15) is 10.5 Å². The third-order valence-electron chi connectivity index (χ3n) is 16.4. The lowest BCUT2D eigenvalue weighted by molar-refractivity contribution is 0.769. The van der Waals surface area contributed by atoms with Crippen molar-refractivity contribution in [1.29, 1.82) is 10.5 Å². The van der Waals surface area contributed by atoms with Gasteiger partial charge < -0.3 is 9.13 Å². The minimum Gasteiger partial charge on any atom is -0.307 e. The van der Waals surface area contributed by atoms with Crippen LogP contribution in [0.2, 0.25) is 0 Å². The fourth-order valence-electron chi connectivity index (χ4n) is 13.7. The van der Waals surface area contributed by atoms with Gasteiger partial charge in [-0.15, -0.1) is 0 Å². The maximum atomic E-state index is 11.5. The summed E-state index contributed by atoms with van der Waals surface area (Å²) in [5.41, 5.74) is 19.3. The Morgan fingerprint density at radius 1 is 0.311 bits per heavy atom. The molecule has 13 aromatic rings. The van der Waals surface area contributed by atoms with E-state index < -0.39 is 10.8 Å². The normalized spacial score (nSPS) is 13.6. The molecule has 4 nitrogen and oxygen atoms in total. The van der Waals surface area contributed by atoms with Crippen LogP contribution in [0.5, 0.6) is 0 Å². The lowest BCUT2D eigenvalue weighted by Gasteiger charge is -2.33. The van der Waals surface area contributed by atoms with Crippen molar-refractivity contribution < 1.29 is 0 Å². The first-order chi connectivity index (χ1) is 36.7. The van der Waals surface area contributed by atoms with Crippen molar-refractivity contribution in [2.75, 3.05) is 0 Å². The smallest absolute Gasteiger partial charge is 0.103 e. The van der Waals surface area contributed by atoms with Crippen molar-refractivity contribution >= 4 is 43.6 Å². The average Bonchev–Trinajstić information content (AvgIpc) is 4.21. The molecular formula is C70H42N4. The quantitative estimate of drug-likeness (QED) is 0.167. The highest BCUT2D eigenvalue weighted by atomic mass is 15.1. The number of fused-ring (bicyclic) bond motifs is 14. The molecule has 0 fully saturated rings. The van der Waals surface area contributed by atoms with E-state index in [1.807, 2.05) is 6.07 Å². The summed E-state index contributed by atoms with van der Waals surface area (Å²) in [4.78, 5) is 0. The molecule has 0 bridgehead atoms. The van der Waals surface area contributed by atoms with Crippen molar-refractivity contribution in [3.05, 3.63) is 310 Å². The molecule has 0 atom stereocenters. The Hall–Kier alpha value is -10.0. The summed E-state index contributed by atoms with van der Waals surface area (Å²) in [5.74, 6) is 0. The molecule has 0 spiro atoms. The minimum absolute atomic E-state index is 0.320. The molecule has 74 heavy (non-hydrogen) atoms. The molecule has 0 N–H and O–H groups in total. The maximum absolute atomic E-state index is 11.5. The van der Waals surface area contributed by atoms with Crippen LogP contribution in [0.3, 0.4) is 0 Å². The molecule has 2 aliphatic rings. The first-order valence-electron chi connectivity index (χ1n) is 25.2. The number of hydrogen-bond acceptors (Lipinski definition) is 2. The standard InChI is InChI=1S/C70H42N4/c71-43-45-37-40-63(73-59-35-19-15-31-52(59)66-61(73)41-38-57-64(66)50-29-13-17-33-55(50)69(57,46-21-5-1-6-22-46)47-23-7-2-8-24-47)68(54(45)44-72)74-60-36-20-16-32-53(60)67-62(74)42-39-58-65(67)51-30-14-18-34-56(51)70(58,48-25-9-3-10-26-48)49-27-11-4-12-28-49/h1-42H. The molecule has 2 aromatic heterocycles. The van der Waals surface area contributed by atoms with Crippen LogP contribution in [-0.4, -0.2) is 9.13 Å². The minimum atomic E-state index is -0.601. The van der Waals surface area contributed by atoms with Crippen LogP contribution >= 0.6 is 0 Å². The van der Waals surface area contributed by atoms with Gasteiger partial charge in [-0.1, -0.05) is 218 Å². The van der Waals surface area contributed by atoms with Gasteiger partial charge in [0, 0.05) is 21.5 Å². The number of para-hydroxylation sites is 2. The molecule has 342 valence electrons. The van der Waals surface area contributed by atoms with Crippen LogP contribution in [0.25, 0.3) is 77.2 Å². The van der Waals surface area contributed by atoms with Gasteiger partial charge in [0.05, 0.1) is 55.4 Å². The number of hydrogen-bond donors (Lipinski definition) is 0. The molecule has 0 saturated heterocycles. The highest BCUT2D eigenvalue weighted by Gasteiger charge is 2.49. The van der Waals surface area contributed by atoms with Gasteiger partial charge >= 0.3 is 0 Å². The zero-order valence-electron chi connectivity index (χ0n) is 40.0. The Morgan fingerprint density at radius 3 is 1.15 bits per heavy atom. The molecule has 0 unspecified atom stereocenters. The molecule has 2 aliphatic carbocycles. The molecule has 0 amide bonds. The largest absolute Gasteiger partial charge is 0.307 e. The lowest BCUT2D eigenvalue weighted by atomic mass is 9.67. The Balaban J connectivity index is 1.07. The first-order valence-corrected chi connectivity index (χ1v) is 25.2. The predicted octanol–water partition coefficient (Wildman–Crippen LogP) is 16.4. The van der Waals surface area contributed by atoms with Crippen LogP contribution in [0.4, 0.5) is 0 Å². The molecular weight excluding hydrogens is 897 g/mol. The van der Waals surface area contributed by atoms with Crippen molar-refractivity contribution in [2.24, 2.45) is 0 Å². The summed E-state index contributed by atoms with van der Waals surface area (Å²) >= 11 is 0. The van der Waals surface area contributed by atoms with Gasteiger partial charge in [-0.3, -0.25) is 0 Å². The number of benzene rings is 11. The van der Waals surface area contributed by atoms with Crippen LogP contribution in [0.15, 0.2) is 255 Å². The molecule has 4 heteroatoms. The molecule has 15 rings (SSSR count). The van der Waals surface area contributed by atoms with Crippen molar-refractivity contribution in [3.8, 4) is 45.8 Å². The Morgan fingerprint density at radius 2 is 0.703 bits per heavy atom. The molecule has 2 heterocycles. The van der Waals surface area contributed by atoms with Gasteiger partial charge in [0.2, 0.25) is 0 Å². The summed E-state index contributed by atoms with van der Waals surface area (Å²) in [7, 11) is 0. The van der Waals surface area contributed by atoms with Gasteiger partial charge in [0.25, 0.3) is 0 Å². The fourth-order valence-corrected chi connectivity index (χ4v) is 13.7. The number of nitrogens with zero attached hydrogens (tertiary/aromatic N) is 4. The molecule has 0 aliphatic heterocycles. The zero-order chi connectivity index (χ0) is 49.1. The zero-order valence-corrected chi connectivity index (χ0v) is 40.0. The highest BCUT2D eigenvalue weighted by molar-refractivity contribution is 6.20. The maximum Gasteiger partial charge on any atom is 0.103 e. The van der Waals surface area contributed by atoms with Crippen molar-refractivity contribution in [2.45, 2.75) is 10.8 Å². The SMILES string of the molecule is N#Cc1ccc(-n2c3ccccc3c3c4c(ccc32)C(c2ccccc2)(c2ccccc2)c2ccccc2-4)c(-n2c3ccccc3c3c4c(ccc32)C(c2ccccc2)(c2ccccc2)c2ccccc2-4)c1C#N. The number of aromatic nitrogens is 2. The predicted molar refractivity (Wildman–Crippen MR) is 299 cm³/mol. The summed E-state index contributed by atoms with van der Waals surface area (Å²) < 4.78 is 4.61. The van der Waals surface area contributed by atoms with E-state index in [1.54, 1.807) is 0 Å². The first kappa shape index (κ1) is 41.8. The second-order valence-electron chi connectivity index (χ2n) is 19.6. The van der Waals surface area contributed by atoms with E-state index in [0.717, 1.165) is 49.3 Å². The van der Waals surface area contributed by atoms with Gasteiger partial charge in [0.1, 0.15) is 12.1 Å². The molecule has 0 radical (unpaired) electrons. The van der Waals surface area contributed by atoms with Crippen LogP contribution in [0, 0.1) is 22.7 Å². The highest BCUT2D eigenvalue weighted by Crippen LogP contribution is 2.61. The summed E-state index contributed by atoms with van der Waals surface area (Å²) in [5, 5.41) is 26.8. The fraction of sp³-hybridized carbons (Fsp3) is 0.0286. The average molecular weight is 939 g/mol. The summed E-state index contributed by atoms with van der Waals surface area (Å²) in [6.07, 6.45) is 0. The number of rotatable bonds is 6. The number of nitriles is 2. The van der Waals surface area contributed by atoms with Crippen LogP contribution < -0.4 is 0 Å². The molecule has 11 aromatic carbocycles. The monoisotopic (exact) mass is 938 g/mol. The summed E-state index contributed by atoms with van der Waals surface area (Å²) in [6.45, 7) is 0. The van der Waals surface area contributed by atoms with E-state index in [1.165, 1.54) is 66.8 Å². The van der Waals surface area contributed by atoms with Gasteiger partial charge in [-0.05, 0) is 103 Å². The van der Waals surface area contributed by atoms with Crippen LogP contribution in [0.1, 0.15) is 55.6 Å². The second kappa shape index (κ2) is 15.8. The second-order valence-corrected chi connectivity index (χ2v) is 19.6. The van der Waals surface area contributed by atoms with Crippen molar-refractivity contribution in [3.63, 3.8) is 0 Å². The summed E-state index contributed by atoms with van der Waals surface area (Å²) in [6, 6.07) is 96.8. The lowest BCUT2D eigenvalue weighted by Crippen LogP contribution is -2.28. The van der Waals surface area contributed by atoms with E-state index >= 15 is 0 Å². The van der Waals surface area contributed by atoms with Gasteiger partial charge in [0.15, 0.2) is 0 Å². The molecule has 0 saturated carbocycles. The van der Waals surface area contributed by atoms with E-state index in [2.05, 4.69) is 270 Å². The van der Waals surface area contributed by atoms with Crippen LogP contribution in [-0.2, 0) is 10.8 Å². The van der Waals surface area contributed by atoms with Gasteiger partial charge in [-0.2, -0.15) is 10.5 Å². The third kappa shape index (κ3) is 5.28. The third-order valence-corrected chi connectivity index (χ3v) is 16.4. The Labute approximate surface area is 428 Å². The topological polar surface area (TPSA) is 57.4 Å². The Kier molecular flexibility index (Phi) is 8.89. The van der Waals surface area contributed by atoms with E-state index in [4.69, 9.17) is 0 Å². The van der Waals surface area contributed by atoms with Gasteiger partial charge in [-0.25, -0.2) is 0 Å². The van der Waals surface area contributed by atoms with Crippen molar-refractivity contribution in [1.82, 2.24) is 9.13 Å². The Bertz CT molecular complexity index is 4470. The van der Waals surface area contributed by atoms with E-state index in [-0.39, 0.29) is 0 Å². The van der Waals surface area contributed by atoms with E-state index in [0.29, 0.717) is 16.8 Å².